The van der Waals surface area contributed by atoms with Crippen molar-refractivity contribution in [3.63, 3.8) is 0 Å². The lowest BCUT2D eigenvalue weighted by molar-refractivity contribution is -0.118. The van der Waals surface area contributed by atoms with E-state index in [1.807, 2.05) is 0 Å². The van der Waals surface area contributed by atoms with Gasteiger partial charge in [0.05, 0.1) is 6.04 Å². The van der Waals surface area contributed by atoms with Crippen LogP contribution in [0.25, 0.3) is 0 Å². The quantitative estimate of drug-likeness (QED) is 0.900. The first kappa shape index (κ1) is 11.0. The topological polar surface area (TPSA) is 59.3 Å². The number of hydrogen-bond acceptors (Lipinski definition) is 3. The van der Waals surface area contributed by atoms with E-state index in [1.54, 1.807) is 13.0 Å². The Morgan fingerprint density at radius 2 is 2.14 bits per heavy atom. The second-order valence-corrected chi connectivity index (χ2v) is 3.69. The van der Waals surface area contributed by atoms with Crippen LogP contribution in [0.15, 0.2) is 21.2 Å². The Morgan fingerprint density at radius 3 is 2.57 bits per heavy atom. The molecule has 0 aliphatic rings. The second-order valence-electron chi connectivity index (χ2n) is 2.91. The number of hydrogen-bond donors (Lipinski definition) is 1. The summed E-state index contributed by atoms with van der Waals surface area (Å²) in [6.07, 6.45) is 0. The Balaban J connectivity index is 2.63. The van der Waals surface area contributed by atoms with Gasteiger partial charge in [-0.25, -0.2) is 0 Å². The van der Waals surface area contributed by atoms with Gasteiger partial charge in [-0.05, 0) is 41.9 Å². The Morgan fingerprint density at radius 1 is 1.50 bits per heavy atom. The highest BCUT2D eigenvalue weighted by atomic mass is 79.9. The summed E-state index contributed by atoms with van der Waals surface area (Å²) >= 11 is 3.08. The van der Waals surface area contributed by atoms with E-state index in [0.29, 0.717) is 4.67 Å². The number of Topliss-reactive ketones (excluding diaryl/α,β-unsaturated/α-hetero) is 1. The number of furan rings is 1. The van der Waals surface area contributed by atoms with E-state index in [9.17, 15) is 9.59 Å². The summed E-state index contributed by atoms with van der Waals surface area (Å²) in [6, 6.07) is 2.66. The third-order valence-electron chi connectivity index (χ3n) is 1.75. The largest absolute Gasteiger partial charge is 0.444 e. The van der Waals surface area contributed by atoms with Gasteiger partial charge in [0.15, 0.2) is 16.2 Å². The molecule has 1 amide bonds. The van der Waals surface area contributed by atoms with Crippen molar-refractivity contribution in [2.24, 2.45) is 0 Å². The summed E-state index contributed by atoms with van der Waals surface area (Å²) in [6.45, 7) is 3.04. The summed E-state index contributed by atoms with van der Waals surface area (Å²) in [4.78, 5) is 22.3. The lowest BCUT2D eigenvalue weighted by Gasteiger charge is -2.08. The van der Waals surface area contributed by atoms with Crippen LogP contribution in [0, 0.1) is 0 Å². The van der Waals surface area contributed by atoms with E-state index in [1.165, 1.54) is 13.0 Å². The first-order chi connectivity index (χ1) is 6.50. The highest BCUT2D eigenvalue weighted by molar-refractivity contribution is 9.10. The molecule has 0 fully saturated rings. The Bertz CT molecular complexity index is 359. The smallest absolute Gasteiger partial charge is 0.287 e. The zero-order valence-corrected chi connectivity index (χ0v) is 9.42. The fourth-order valence-electron chi connectivity index (χ4n) is 0.806. The molecule has 1 unspecified atom stereocenters. The summed E-state index contributed by atoms with van der Waals surface area (Å²) in [5, 5.41) is 2.51. The van der Waals surface area contributed by atoms with Crippen molar-refractivity contribution in [3.05, 3.63) is 22.6 Å². The zero-order valence-electron chi connectivity index (χ0n) is 7.83. The monoisotopic (exact) mass is 259 g/mol. The molecule has 0 saturated heterocycles. The molecule has 76 valence electrons. The SMILES string of the molecule is CC(=O)C(C)NC(=O)c1ccc(Br)o1. The van der Waals surface area contributed by atoms with Crippen molar-refractivity contribution in [2.45, 2.75) is 19.9 Å². The van der Waals surface area contributed by atoms with E-state index in [2.05, 4.69) is 21.2 Å². The zero-order chi connectivity index (χ0) is 10.7. The summed E-state index contributed by atoms with van der Waals surface area (Å²) < 4.78 is 5.50. The van der Waals surface area contributed by atoms with Crippen molar-refractivity contribution in [1.29, 1.82) is 0 Å². The molecule has 14 heavy (non-hydrogen) atoms. The summed E-state index contributed by atoms with van der Waals surface area (Å²) in [5.74, 6) is -0.299. The molecule has 0 spiro atoms. The van der Waals surface area contributed by atoms with Crippen LogP contribution in [0.4, 0.5) is 0 Å². The van der Waals surface area contributed by atoms with Crippen LogP contribution in [-0.4, -0.2) is 17.7 Å². The average Bonchev–Trinajstić information content (AvgIpc) is 2.51. The van der Waals surface area contributed by atoms with Gasteiger partial charge in [-0.2, -0.15) is 0 Å². The van der Waals surface area contributed by atoms with Crippen LogP contribution in [0.5, 0.6) is 0 Å². The maximum atomic E-state index is 11.4. The summed E-state index contributed by atoms with van der Waals surface area (Å²) in [7, 11) is 0. The van der Waals surface area contributed by atoms with E-state index in [0.717, 1.165) is 0 Å². The van der Waals surface area contributed by atoms with Gasteiger partial charge < -0.3 is 9.73 Å². The van der Waals surface area contributed by atoms with Gasteiger partial charge in [0.25, 0.3) is 5.91 Å². The molecule has 0 aliphatic carbocycles. The predicted octanol–water partition coefficient (Wildman–Crippen LogP) is 1.75. The lowest BCUT2D eigenvalue weighted by Crippen LogP contribution is -2.37. The van der Waals surface area contributed by atoms with Crippen LogP contribution >= 0.6 is 15.9 Å². The van der Waals surface area contributed by atoms with Crippen LogP contribution in [-0.2, 0) is 4.79 Å². The van der Waals surface area contributed by atoms with Gasteiger partial charge in [0.1, 0.15) is 0 Å². The maximum Gasteiger partial charge on any atom is 0.287 e. The standard InChI is InChI=1S/C9H10BrNO3/c1-5(6(2)12)11-9(13)7-3-4-8(10)14-7/h3-5H,1-2H3,(H,11,13). The number of nitrogens with one attached hydrogen (secondary N) is 1. The molecule has 1 heterocycles. The molecule has 1 rings (SSSR count). The molecular weight excluding hydrogens is 250 g/mol. The first-order valence-electron chi connectivity index (χ1n) is 4.07. The molecule has 1 aromatic heterocycles. The first-order valence-corrected chi connectivity index (χ1v) is 4.86. The van der Waals surface area contributed by atoms with Crippen molar-refractivity contribution in [3.8, 4) is 0 Å². The minimum absolute atomic E-state index is 0.0935. The van der Waals surface area contributed by atoms with Crippen LogP contribution in [0.1, 0.15) is 24.4 Å². The molecule has 1 atom stereocenters. The van der Waals surface area contributed by atoms with E-state index in [4.69, 9.17) is 4.42 Å². The van der Waals surface area contributed by atoms with Gasteiger partial charge in [-0.15, -0.1) is 0 Å². The molecule has 4 nitrogen and oxygen atoms in total. The third-order valence-corrected chi connectivity index (χ3v) is 2.18. The molecule has 0 bridgehead atoms. The molecular formula is C9H10BrNO3. The normalized spacial score (nSPS) is 12.2. The molecule has 0 saturated carbocycles. The average molecular weight is 260 g/mol. The number of carbonyl (C=O) groups is 2. The number of halogens is 1. The van der Waals surface area contributed by atoms with Gasteiger partial charge in [0, 0.05) is 0 Å². The minimum Gasteiger partial charge on any atom is -0.444 e. The van der Waals surface area contributed by atoms with Gasteiger partial charge in [-0.3, -0.25) is 9.59 Å². The van der Waals surface area contributed by atoms with Crippen LogP contribution in [0.2, 0.25) is 0 Å². The Kier molecular flexibility index (Phi) is 3.46. The fourth-order valence-corrected chi connectivity index (χ4v) is 1.11. The third kappa shape index (κ3) is 2.70. The Labute approximate surface area is 89.8 Å². The summed E-state index contributed by atoms with van der Waals surface area (Å²) in [5.41, 5.74) is 0. The molecule has 0 aliphatic heterocycles. The highest BCUT2D eigenvalue weighted by Crippen LogP contribution is 2.13. The van der Waals surface area contributed by atoms with Crippen molar-refractivity contribution < 1.29 is 14.0 Å². The highest BCUT2D eigenvalue weighted by Gasteiger charge is 2.15. The minimum atomic E-state index is -0.494. The molecule has 5 heteroatoms. The van der Waals surface area contributed by atoms with Crippen molar-refractivity contribution >= 4 is 27.6 Å². The number of carbonyl (C=O) groups excluding carboxylic acids is 2. The number of ketones is 1. The van der Waals surface area contributed by atoms with Crippen LogP contribution < -0.4 is 5.32 Å². The predicted molar refractivity (Wildman–Crippen MR) is 54.0 cm³/mol. The van der Waals surface area contributed by atoms with E-state index < -0.39 is 11.9 Å². The van der Waals surface area contributed by atoms with Gasteiger partial charge in [-0.1, -0.05) is 0 Å². The van der Waals surface area contributed by atoms with Crippen molar-refractivity contribution in [1.82, 2.24) is 5.32 Å². The second kappa shape index (κ2) is 4.41. The molecule has 1 aromatic rings. The van der Waals surface area contributed by atoms with Gasteiger partial charge in [0.2, 0.25) is 0 Å². The molecule has 0 aromatic carbocycles. The Hall–Kier alpha value is -1.10. The lowest BCUT2D eigenvalue weighted by atomic mass is 10.2. The van der Waals surface area contributed by atoms with Crippen LogP contribution in [0.3, 0.4) is 0 Å². The maximum absolute atomic E-state index is 11.4. The van der Waals surface area contributed by atoms with E-state index in [-0.39, 0.29) is 11.5 Å². The number of amides is 1. The van der Waals surface area contributed by atoms with Gasteiger partial charge >= 0.3 is 0 Å². The number of rotatable bonds is 3. The van der Waals surface area contributed by atoms with Crippen molar-refractivity contribution in [2.75, 3.05) is 0 Å². The molecule has 0 radical (unpaired) electrons. The van der Waals surface area contributed by atoms with E-state index >= 15 is 0 Å². The fraction of sp³-hybridized carbons (Fsp3) is 0.333. The molecule has 1 N–H and O–H groups in total.